The topological polar surface area (TPSA) is 84.5 Å². The van der Waals surface area contributed by atoms with E-state index in [4.69, 9.17) is 4.74 Å². The number of aryl methyl sites for hydroxylation is 1. The van der Waals surface area contributed by atoms with E-state index in [2.05, 4.69) is 10.6 Å². The van der Waals surface area contributed by atoms with Crippen molar-refractivity contribution in [1.29, 1.82) is 0 Å². The largest absolute Gasteiger partial charge is 0.451 e. The van der Waals surface area contributed by atoms with Crippen molar-refractivity contribution in [3.8, 4) is 0 Å². The predicted octanol–water partition coefficient (Wildman–Crippen LogP) is 2.69. The summed E-state index contributed by atoms with van der Waals surface area (Å²) in [6.45, 7) is 3.10. The summed E-state index contributed by atoms with van der Waals surface area (Å²) in [6.07, 6.45) is 1.99. The molecule has 2 N–H and O–H groups in total. The normalized spacial score (nSPS) is 11.6. The zero-order valence-electron chi connectivity index (χ0n) is 15.3. The minimum Gasteiger partial charge on any atom is -0.451 e. The number of rotatable bonds is 7. The van der Waals surface area contributed by atoms with Gasteiger partial charge in [-0.2, -0.15) is 0 Å². The first-order chi connectivity index (χ1) is 12.9. The van der Waals surface area contributed by atoms with Crippen LogP contribution in [0.15, 0.2) is 60.7 Å². The second-order valence-corrected chi connectivity index (χ2v) is 5.95. The predicted molar refractivity (Wildman–Crippen MR) is 104 cm³/mol. The lowest BCUT2D eigenvalue weighted by atomic mass is 10.2. The van der Waals surface area contributed by atoms with Gasteiger partial charge in [-0.25, -0.2) is 0 Å². The fourth-order valence-corrected chi connectivity index (χ4v) is 2.13. The number of hydrogen-bond donors (Lipinski definition) is 2. The quantitative estimate of drug-likeness (QED) is 0.583. The van der Waals surface area contributed by atoms with Gasteiger partial charge in [0.1, 0.15) is 6.54 Å². The number of carbonyl (C=O) groups is 3. The van der Waals surface area contributed by atoms with Gasteiger partial charge in [0.15, 0.2) is 6.10 Å². The molecule has 2 aromatic carbocycles. The SMILES string of the molecule is Cc1ccc(NC(=O)[C@@H](C)OC(=O)CNC(=O)/C=C/c2ccccc2)cc1. The van der Waals surface area contributed by atoms with Crippen molar-refractivity contribution in [3.05, 3.63) is 71.8 Å². The molecule has 0 aliphatic heterocycles. The Morgan fingerprint density at radius 3 is 2.37 bits per heavy atom. The standard InChI is InChI=1S/C21H22N2O4/c1-15-8-11-18(12-9-15)23-21(26)16(2)27-20(25)14-22-19(24)13-10-17-6-4-3-5-7-17/h3-13,16H,14H2,1-2H3,(H,22,24)(H,23,26)/b13-10+/t16-/m1/s1. The van der Waals surface area contributed by atoms with Crippen molar-refractivity contribution in [2.45, 2.75) is 20.0 Å². The maximum absolute atomic E-state index is 12.0. The molecule has 2 aromatic rings. The molecule has 0 heterocycles. The highest BCUT2D eigenvalue weighted by Crippen LogP contribution is 2.09. The van der Waals surface area contributed by atoms with Crippen LogP contribution in [0, 0.1) is 6.92 Å². The van der Waals surface area contributed by atoms with Crippen LogP contribution in [0.2, 0.25) is 0 Å². The minimum absolute atomic E-state index is 0.319. The van der Waals surface area contributed by atoms with Crippen LogP contribution in [-0.2, 0) is 19.1 Å². The number of ether oxygens (including phenoxy) is 1. The lowest BCUT2D eigenvalue weighted by Crippen LogP contribution is -2.35. The van der Waals surface area contributed by atoms with Gasteiger partial charge < -0.3 is 15.4 Å². The summed E-state index contributed by atoms with van der Waals surface area (Å²) in [5.74, 6) is -1.56. The third-order valence-corrected chi connectivity index (χ3v) is 3.63. The van der Waals surface area contributed by atoms with E-state index in [1.165, 1.54) is 13.0 Å². The lowest BCUT2D eigenvalue weighted by molar-refractivity contribution is -0.152. The van der Waals surface area contributed by atoms with E-state index < -0.39 is 23.9 Å². The molecule has 0 bridgehead atoms. The summed E-state index contributed by atoms with van der Waals surface area (Å²) in [5, 5.41) is 5.08. The van der Waals surface area contributed by atoms with Crippen LogP contribution in [0.1, 0.15) is 18.1 Å². The molecule has 27 heavy (non-hydrogen) atoms. The molecule has 2 rings (SSSR count). The Bertz CT molecular complexity index is 814. The second kappa shape index (κ2) is 9.91. The van der Waals surface area contributed by atoms with E-state index in [-0.39, 0.29) is 6.54 Å². The summed E-state index contributed by atoms with van der Waals surface area (Å²) in [7, 11) is 0. The van der Waals surface area contributed by atoms with E-state index in [9.17, 15) is 14.4 Å². The van der Waals surface area contributed by atoms with Crippen LogP contribution < -0.4 is 10.6 Å². The molecule has 140 valence electrons. The molecule has 0 spiro atoms. The Morgan fingerprint density at radius 2 is 1.70 bits per heavy atom. The average Bonchev–Trinajstić information content (AvgIpc) is 2.67. The molecule has 0 saturated carbocycles. The Labute approximate surface area is 158 Å². The highest BCUT2D eigenvalue weighted by atomic mass is 16.5. The molecule has 0 radical (unpaired) electrons. The molecular formula is C21H22N2O4. The number of anilines is 1. The van der Waals surface area contributed by atoms with Gasteiger partial charge in [0, 0.05) is 11.8 Å². The molecular weight excluding hydrogens is 344 g/mol. The highest BCUT2D eigenvalue weighted by Gasteiger charge is 2.18. The molecule has 2 amide bonds. The van der Waals surface area contributed by atoms with Gasteiger partial charge in [-0.1, -0.05) is 48.0 Å². The van der Waals surface area contributed by atoms with Gasteiger partial charge in [0.2, 0.25) is 5.91 Å². The molecule has 0 aromatic heterocycles. The smallest absolute Gasteiger partial charge is 0.326 e. The number of amides is 2. The van der Waals surface area contributed by atoms with Crippen LogP contribution in [0.3, 0.4) is 0 Å². The maximum atomic E-state index is 12.0. The molecule has 6 heteroatoms. The lowest BCUT2D eigenvalue weighted by Gasteiger charge is -2.13. The van der Waals surface area contributed by atoms with Crippen molar-refractivity contribution in [1.82, 2.24) is 5.32 Å². The van der Waals surface area contributed by atoms with Crippen molar-refractivity contribution in [2.24, 2.45) is 0 Å². The zero-order valence-corrected chi connectivity index (χ0v) is 15.3. The third-order valence-electron chi connectivity index (χ3n) is 3.63. The highest BCUT2D eigenvalue weighted by molar-refractivity contribution is 5.96. The Morgan fingerprint density at radius 1 is 1.04 bits per heavy atom. The minimum atomic E-state index is -0.976. The number of benzene rings is 2. The molecule has 0 fully saturated rings. The van der Waals surface area contributed by atoms with Crippen LogP contribution in [0.25, 0.3) is 6.08 Å². The van der Waals surface area contributed by atoms with E-state index in [0.29, 0.717) is 5.69 Å². The Kier molecular flexibility index (Phi) is 7.31. The fourth-order valence-electron chi connectivity index (χ4n) is 2.13. The molecule has 0 aliphatic carbocycles. The molecule has 0 aliphatic rings. The molecule has 1 atom stereocenters. The second-order valence-electron chi connectivity index (χ2n) is 5.95. The molecule has 0 saturated heterocycles. The number of esters is 1. The fraction of sp³-hybridized carbons (Fsp3) is 0.190. The maximum Gasteiger partial charge on any atom is 0.326 e. The summed E-state index contributed by atoms with van der Waals surface area (Å²) < 4.78 is 5.03. The third kappa shape index (κ3) is 7.15. The molecule has 6 nitrogen and oxygen atoms in total. The first-order valence-corrected chi connectivity index (χ1v) is 8.52. The van der Waals surface area contributed by atoms with Gasteiger partial charge in [-0.15, -0.1) is 0 Å². The van der Waals surface area contributed by atoms with Gasteiger partial charge >= 0.3 is 5.97 Å². The average molecular weight is 366 g/mol. The van der Waals surface area contributed by atoms with Gasteiger partial charge in [0.05, 0.1) is 0 Å². The number of hydrogen-bond acceptors (Lipinski definition) is 4. The van der Waals surface area contributed by atoms with E-state index >= 15 is 0 Å². The van der Waals surface area contributed by atoms with Crippen molar-refractivity contribution >= 4 is 29.5 Å². The summed E-state index contributed by atoms with van der Waals surface area (Å²) >= 11 is 0. The Balaban J connectivity index is 1.74. The summed E-state index contributed by atoms with van der Waals surface area (Å²) in [4.78, 5) is 35.6. The van der Waals surface area contributed by atoms with Gasteiger partial charge in [0.25, 0.3) is 5.91 Å². The number of nitrogens with one attached hydrogen (secondary N) is 2. The van der Waals surface area contributed by atoms with Gasteiger partial charge in [-0.05, 0) is 37.6 Å². The van der Waals surface area contributed by atoms with E-state index in [0.717, 1.165) is 11.1 Å². The van der Waals surface area contributed by atoms with E-state index in [1.54, 1.807) is 18.2 Å². The van der Waals surface area contributed by atoms with Crippen molar-refractivity contribution < 1.29 is 19.1 Å². The van der Waals surface area contributed by atoms with Crippen LogP contribution in [0.4, 0.5) is 5.69 Å². The van der Waals surface area contributed by atoms with Gasteiger partial charge in [-0.3, -0.25) is 14.4 Å². The van der Waals surface area contributed by atoms with Crippen LogP contribution in [-0.4, -0.2) is 30.4 Å². The van der Waals surface area contributed by atoms with E-state index in [1.807, 2.05) is 49.4 Å². The van der Waals surface area contributed by atoms with Crippen LogP contribution >= 0.6 is 0 Å². The summed E-state index contributed by atoms with van der Waals surface area (Å²) in [5.41, 5.74) is 2.56. The number of carbonyl (C=O) groups excluding carboxylic acids is 3. The monoisotopic (exact) mass is 366 g/mol. The van der Waals surface area contributed by atoms with Crippen molar-refractivity contribution in [2.75, 3.05) is 11.9 Å². The molecule has 0 unspecified atom stereocenters. The Hall–Kier alpha value is -3.41. The first kappa shape index (κ1) is 19.9. The zero-order chi connectivity index (χ0) is 19.6. The van der Waals surface area contributed by atoms with Crippen molar-refractivity contribution in [3.63, 3.8) is 0 Å². The van der Waals surface area contributed by atoms with Crippen LogP contribution in [0.5, 0.6) is 0 Å². The summed E-state index contributed by atoms with van der Waals surface area (Å²) in [6, 6.07) is 16.6. The first-order valence-electron chi connectivity index (χ1n) is 8.52.